The average Bonchev–Trinajstić information content (AvgIpc) is 3.54. The number of hydrogen-bond acceptors (Lipinski definition) is 8. The summed E-state index contributed by atoms with van der Waals surface area (Å²) in [5.74, 6) is 0.521. The highest BCUT2D eigenvalue weighted by atomic mass is 16.6. The number of carbonyl (C=O) groups is 2. The zero-order valence-electron chi connectivity index (χ0n) is 22.2. The average molecular weight is 535 g/mol. The predicted molar refractivity (Wildman–Crippen MR) is 142 cm³/mol. The molecule has 4 heterocycles. The van der Waals surface area contributed by atoms with Gasteiger partial charge in [0.15, 0.2) is 17.6 Å². The first kappa shape index (κ1) is 25.6. The number of phenolic OH excluding ortho intramolecular Hbond substituents is 1. The van der Waals surface area contributed by atoms with E-state index in [4.69, 9.17) is 19.4 Å². The molecule has 39 heavy (non-hydrogen) atoms. The quantitative estimate of drug-likeness (QED) is 0.508. The van der Waals surface area contributed by atoms with E-state index in [2.05, 4.69) is 40.6 Å². The molecule has 1 aromatic carbocycles. The number of phenols is 1. The van der Waals surface area contributed by atoms with Crippen molar-refractivity contribution in [2.24, 2.45) is 5.92 Å². The smallest absolute Gasteiger partial charge is 0.300 e. The number of likely N-dealkylation sites (N-methyl/N-ethyl adjacent to an activating group) is 1. The molecule has 206 valence electrons. The van der Waals surface area contributed by atoms with E-state index in [1.807, 2.05) is 5.01 Å². The molecular formula is C29H34N4O6. The maximum absolute atomic E-state index is 12.8. The molecule has 2 saturated heterocycles. The molecule has 2 aromatic rings. The molecule has 7 rings (SSSR count). The molecular weight excluding hydrogens is 500 g/mol. The van der Waals surface area contributed by atoms with Gasteiger partial charge in [0.05, 0.1) is 0 Å². The first-order valence-electron chi connectivity index (χ1n) is 13.6. The van der Waals surface area contributed by atoms with Crippen LogP contribution in [0.5, 0.6) is 17.4 Å². The first-order valence-corrected chi connectivity index (χ1v) is 13.6. The molecule has 0 unspecified atom stereocenters. The third-order valence-corrected chi connectivity index (χ3v) is 8.75. The van der Waals surface area contributed by atoms with Gasteiger partial charge in [-0.25, -0.2) is 9.99 Å². The number of carboxylic acids is 1. The Kier molecular flexibility index (Phi) is 6.47. The van der Waals surface area contributed by atoms with Crippen LogP contribution in [0.2, 0.25) is 0 Å². The van der Waals surface area contributed by atoms with Gasteiger partial charge in [0, 0.05) is 60.8 Å². The largest absolute Gasteiger partial charge is 0.504 e. The number of aliphatic carboxylic acids is 1. The number of nitrogens with zero attached hydrogens (tertiary/aromatic N) is 3. The molecule has 5 atom stereocenters. The van der Waals surface area contributed by atoms with Crippen molar-refractivity contribution < 1.29 is 29.3 Å². The number of benzene rings is 1. The van der Waals surface area contributed by atoms with Crippen LogP contribution < -0.4 is 14.9 Å². The van der Waals surface area contributed by atoms with Crippen LogP contribution in [0.3, 0.4) is 0 Å². The number of aromatic nitrogens is 1. The van der Waals surface area contributed by atoms with Crippen molar-refractivity contribution in [2.45, 2.75) is 56.3 Å². The van der Waals surface area contributed by atoms with Crippen molar-refractivity contribution in [3.63, 3.8) is 0 Å². The second-order valence-electron chi connectivity index (χ2n) is 11.1. The predicted octanol–water partition coefficient (Wildman–Crippen LogP) is 2.51. The Bertz CT molecular complexity index is 1320. The van der Waals surface area contributed by atoms with Crippen LogP contribution in [0, 0.1) is 5.92 Å². The standard InChI is InChI=1S/C27H30N4O4.C2H4O2/c1-30-13-9-27-18-5-7-21(25(27)35-24-20(32)6-4-16(23(24)27)14-19(18)30)34-22-15-17(8-10-28-22)26(33)29-31-11-2-3-12-31;1-2(3)4/h4-8,10,15,18-19,21,25,32H,2-3,9,11-14H2,1H3,(H,29,33);1H3,(H,3,4)/t18-,19+,21-,25-,27-;/m0./s1. The zero-order chi connectivity index (χ0) is 27.3. The molecule has 2 aliphatic carbocycles. The molecule has 5 aliphatic rings. The minimum Gasteiger partial charge on any atom is -0.504 e. The third-order valence-electron chi connectivity index (χ3n) is 8.75. The Labute approximate surface area is 227 Å². The number of ether oxygens (including phenoxy) is 2. The van der Waals surface area contributed by atoms with Crippen molar-refractivity contribution >= 4 is 11.9 Å². The molecule has 0 saturated carbocycles. The van der Waals surface area contributed by atoms with Crippen molar-refractivity contribution in [1.82, 2.24) is 20.3 Å². The maximum Gasteiger partial charge on any atom is 0.300 e. The summed E-state index contributed by atoms with van der Waals surface area (Å²) in [7, 11) is 2.20. The second-order valence-corrected chi connectivity index (χ2v) is 11.1. The molecule has 10 heteroatoms. The molecule has 1 amide bonds. The van der Waals surface area contributed by atoms with E-state index in [0.29, 0.717) is 29.2 Å². The fourth-order valence-corrected chi connectivity index (χ4v) is 7.11. The highest BCUT2D eigenvalue weighted by molar-refractivity contribution is 5.94. The summed E-state index contributed by atoms with van der Waals surface area (Å²) >= 11 is 0. The molecule has 1 aromatic heterocycles. The van der Waals surface area contributed by atoms with Crippen LogP contribution in [0.1, 0.15) is 47.7 Å². The van der Waals surface area contributed by atoms with E-state index in [1.54, 1.807) is 24.4 Å². The number of aromatic hydroxyl groups is 1. The van der Waals surface area contributed by atoms with Crippen LogP contribution in [-0.2, 0) is 16.6 Å². The summed E-state index contributed by atoms with van der Waals surface area (Å²) in [6, 6.07) is 7.62. The van der Waals surface area contributed by atoms with Crippen LogP contribution >= 0.6 is 0 Å². The van der Waals surface area contributed by atoms with Crippen molar-refractivity contribution in [2.75, 3.05) is 26.7 Å². The normalized spacial score (nSPS) is 30.0. The Hall–Kier alpha value is -3.63. The number of nitrogens with one attached hydrogen (secondary N) is 1. The van der Waals surface area contributed by atoms with E-state index in [1.165, 1.54) is 11.1 Å². The molecule has 1 spiro atoms. The molecule has 2 bridgehead atoms. The summed E-state index contributed by atoms with van der Waals surface area (Å²) in [5.41, 5.74) is 5.69. The van der Waals surface area contributed by atoms with Gasteiger partial charge in [-0.15, -0.1) is 0 Å². The number of likely N-dealkylation sites (tertiary alicyclic amines) is 1. The summed E-state index contributed by atoms with van der Waals surface area (Å²) in [6.45, 7) is 3.81. The molecule has 3 aliphatic heterocycles. The van der Waals surface area contributed by atoms with E-state index in [9.17, 15) is 9.90 Å². The lowest BCUT2D eigenvalue weighted by Crippen LogP contribution is -2.65. The minimum absolute atomic E-state index is 0.151. The van der Waals surface area contributed by atoms with Gasteiger partial charge in [0.25, 0.3) is 11.9 Å². The van der Waals surface area contributed by atoms with E-state index >= 15 is 0 Å². The summed E-state index contributed by atoms with van der Waals surface area (Å²) in [4.78, 5) is 28.6. The highest BCUT2D eigenvalue weighted by Crippen LogP contribution is 2.62. The lowest BCUT2D eigenvalue weighted by Gasteiger charge is -2.56. The van der Waals surface area contributed by atoms with Crippen LogP contribution in [0.4, 0.5) is 0 Å². The lowest BCUT2D eigenvalue weighted by molar-refractivity contribution is -0.134. The van der Waals surface area contributed by atoms with Crippen LogP contribution in [0.15, 0.2) is 42.6 Å². The maximum atomic E-state index is 12.8. The number of piperidine rings is 1. The van der Waals surface area contributed by atoms with E-state index < -0.39 is 5.97 Å². The van der Waals surface area contributed by atoms with Gasteiger partial charge in [-0.3, -0.25) is 15.0 Å². The highest BCUT2D eigenvalue weighted by Gasteiger charge is 2.65. The Balaban J connectivity index is 0.000000650. The van der Waals surface area contributed by atoms with Crippen molar-refractivity contribution in [3.05, 3.63) is 59.3 Å². The lowest BCUT2D eigenvalue weighted by atomic mass is 9.53. The van der Waals surface area contributed by atoms with Gasteiger partial charge in [-0.1, -0.05) is 12.1 Å². The van der Waals surface area contributed by atoms with Gasteiger partial charge >= 0.3 is 0 Å². The number of rotatable bonds is 4. The molecule has 2 fully saturated rings. The SMILES string of the molecule is CC(=O)O.CN1CC[C@]23c4c5ccc(O)c4O[C@H]2[C@@H](Oc2cc(C(=O)NN4CCCC4)ccn2)C=C[C@H]3[C@H]1C5. The summed E-state index contributed by atoms with van der Waals surface area (Å²) in [5, 5.41) is 20.1. The van der Waals surface area contributed by atoms with E-state index in [-0.39, 0.29) is 29.3 Å². The first-order chi connectivity index (χ1) is 18.8. The number of amides is 1. The Morgan fingerprint density at radius 2 is 1.95 bits per heavy atom. The fraction of sp³-hybridized carbons (Fsp3) is 0.483. The molecule has 0 radical (unpaired) electrons. The Morgan fingerprint density at radius 3 is 2.72 bits per heavy atom. The Morgan fingerprint density at radius 1 is 1.18 bits per heavy atom. The van der Waals surface area contributed by atoms with Gasteiger partial charge in [0.2, 0.25) is 5.88 Å². The zero-order valence-corrected chi connectivity index (χ0v) is 22.2. The third kappa shape index (κ3) is 4.31. The van der Waals surface area contributed by atoms with Gasteiger partial charge < -0.3 is 24.6 Å². The molecule has 3 N–H and O–H groups in total. The number of carbonyl (C=O) groups excluding carboxylic acids is 1. The number of pyridine rings is 1. The minimum atomic E-state index is -0.833. The number of hydrogen-bond donors (Lipinski definition) is 3. The number of carboxylic acid groups (broad SMARTS) is 1. The molecule has 10 nitrogen and oxygen atoms in total. The fourth-order valence-electron chi connectivity index (χ4n) is 7.11. The van der Waals surface area contributed by atoms with Crippen molar-refractivity contribution in [1.29, 1.82) is 0 Å². The van der Waals surface area contributed by atoms with Crippen LogP contribution in [-0.4, -0.2) is 81.9 Å². The van der Waals surface area contributed by atoms with Gasteiger partial charge in [0.1, 0.15) is 6.10 Å². The topological polar surface area (TPSA) is 124 Å². The monoisotopic (exact) mass is 534 g/mol. The van der Waals surface area contributed by atoms with Gasteiger partial charge in [-0.2, -0.15) is 0 Å². The van der Waals surface area contributed by atoms with E-state index in [0.717, 1.165) is 52.2 Å². The summed E-state index contributed by atoms with van der Waals surface area (Å²) < 4.78 is 13.0. The van der Waals surface area contributed by atoms with Gasteiger partial charge in [-0.05, 0) is 63.0 Å². The summed E-state index contributed by atoms with van der Waals surface area (Å²) in [6.07, 6.45) is 9.43. The number of hydrazine groups is 1. The van der Waals surface area contributed by atoms with Crippen LogP contribution in [0.25, 0.3) is 0 Å². The second kappa shape index (κ2) is 9.84. The van der Waals surface area contributed by atoms with Crippen molar-refractivity contribution in [3.8, 4) is 17.4 Å².